The van der Waals surface area contributed by atoms with Crippen LogP contribution >= 0.6 is 0 Å². The van der Waals surface area contributed by atoms with Gasteiger partial charge in [-0.05, 0) is 43.1 Å². The second kappa shape index (κ2) is 6.19. The predicted octanol–water partition coefficient (Wildman–Crippen LogP) is 3.34. The molecule has 1 rings (SSSR count). The standard InChI is InChI=1S/C15H31NO/c1-14(2,12-17)9-7-11-16-13-8-5-6-10-15(13,3)4/h13,16-17H,5-12H2,1-4H3. The van der Waals surface area contributed by atoms with E-state index in [0.29, 0.717) is 18.1 Å². The first kappa shape index (κ1) is 15.0. The number of nitrogens with one attached hydrogen (secondary N) is 1. The highest BCUT2D eigenvalue weighted by molar-refractivity contribution is 4.87. The minimum Gasteiger partial charge on any atom is -0.396 e. The van der Waals surface area contributed by atoms with Crippen LogP contribution in [0.5, 0.6) is 0 Å². The second-order valence-electron chi connectivity index (χ2n) is 7.17. The zero-order valence-electron chi connectivity index (χ0n) is 12.2. The van der Waals surface area contributed by atoms with Crippen molar-refractivity contribution in [2.75, 3.05) is 13.2 Å². The van der Waals surface area contributed by atoms with Gasteiger partial charge in [-0.3, -0.25) is 0 Å². The molecule has 0 aliphatic heterocycles. The molecule has 0 heterocycles. The second-order valence-corrected chi connectivity index (χ2v) is 7.17. The molecule has 17 heavy (non-hydrogen) atoms. The molecule has 1 aliphatic carbocycles. The van der Waals surface area contributed by atoms with E-state index in [4.69, 9.17) is 0 Å². The van der Waals surface area contributed by atoms with Gasteiger partial charge in [0.25, 0.3) is 0 Å². The number of hydrogen-bond donors (Lipinski definition) is 2. The van der Waals surface area contributed by atoms with Gasteiger partial charge >= 0.3 is 0 Å². The summed E-state index contributed by atoms with van der Waals surface area (Å²) in [5.74, 6) is 0. The van der Waals surface area contributed by atoms with E-state index in [1.807, 2.05) is 0 Å². The Balaban J connectivity index is 2.22. The van der Waals surface area contributed by atoms with Gasteiger partial charge in [0.05, 0.1) is 0 Å². The molecule has 0 amide bonds. The van der Waals surface area contributed by atoms with Gasteiger partial charge in [0.2, 0.25) is 0 Å². The van der Waals surface area contributed by atoms with Crippen LogP contribution in [0.2, 0.25) is 0 Å². The summed E-state index contributed by atoms with van der Waals surface area (Å²) in [7, 11) is 0. The summed E-state index contributed by atoms with van der Waals surface area (Å²) in [6, 6.07) is 0.688. The predicted molar refractivity (Wildman–Crippen MR) is 74.1 cm³/mol. The van der Waals surface area contributed by atoms with E-state index < -0.39 is 0 Å². The lowest BCUT2D eigenvalue weighted by atomic mass is 9.73. The summed E-state index contributed by atoms with van der Waals surface area (Å²) in [6.45, 7) is 10.4. The van der Waals surface area contributed by atoms with E-state index in [-0.39, 0.29) is 5.41 Å². The molecular formula is C15H31NO. The van der Waals surface area contributed by atoms with E-state index in [1.165, 1.54) is 32.1 Å². The molecule has 2 heteroatoms. The van der Waals surface area contributed by atoms with Crippen molar-refractivity contribution in [2.24, 2.45) is 10.8 Å². The van der Waals surface area contributed by atoms with Gasteiger partial charge in [-0.2, -0.15) is 0 Å². The van der Waals surface area contributed by atoms with Crippen LogP contribution < -0.4 is 5.32 Å². The largest absolute Gasteiger partial charge is 0.396 e. The third kappa shape index (κ3) is 4.97. The smallest absolute Gasteiger partial charge is 0.0482 e. The summed E-state index contributed by atoms with van der Waals surface area (Å²) in [4.78, 5) is 0. The summed E-state index contributed by atoms with van der Waals surface area (Å²) < 4.78 is 0. The Morgan fingerprint density at radius 3 is 2.59 bits per heavy atom. The minimum absolute atomic E-state index is 0.0871. The van der Waals surface area contributed by atoms with Crippen LogP contribution in [-0.2, 0) is 0 Å². The Kier molecular flexibility index (Phi) is 5.46. The van der Waals surface area contributed by atoms with Crippen molar-refractivity contribution in [1.82, 2.24) is 5.32 Å². The van der Waals surface area contributed by atoms with Crippen molar-refractivity contribution < 1.29 is 5.11 Å². The monoisotopic (exact) mass is 241 g/mol. The Hall–Kier alpha value is -0.0800. The average Bonchev–Trinajstić information content (AvgIpc) is 2.26. The van der Waals surface area contributed by atoms with Crippen molar-refractivity contribution in [3.63, 3.8) is 0 Å². The minimum atomic E-state index is 0.0871. The maximum absolute atomic E-state index is 9.20. The Morgan fingerprint density at radius 1 is 1.29 bits per heavy atom. The molecule has 2 nitrogen and oxygen atoms in total. The highest BCUT2D eigenvalue weighted by Gasteiger charge is 2.31. The first-order chi connectivity index (χ1) is 7.87. The number of aliphatic hydroxyl groups is 1. The third-order valence-corrected chi connectivity index (χ3v) is 4.36. The molecule has 0 aromatic carbocycles. The average molecular weight is 241 g/mol. The zero-order chi connectivity index (χ0) is 12.9. The topological polar surface area (TPSA) is 32.3 Å². The van der Waals surface area contributed by atoms with Gasteiger partial charge in [-0.25, -0.2) is 0 Å². The van der Waals surface area contributed by atoms with Crippen LogP contribution in [0.25, 0.3) is 0 Å². The first-order valence-electron chi connectivity index (χ1n) is 7.22. The van der Waals surface area contributed by atoms with Crippen LogP contribution in [0, 0.1) is 10.8 Å². The molecule has 0 aromatic heterocycles. The molecule has 0 aromatic rings. The maximum atomic E-state index is 9.20. The van der Waals surface area contributed by atoms with E-state index in [9.17, 15) is 5.11 Å². The Morgan fingerprint density at radius 2 is 2.00 bits per heavy atom. The highest BCUT2D eigenvalue weighted by Crippen LogP contribution is 2.35. The SMILES string of the molecule is CC(C)(CO)CCCNC1CCCCC1(C)C. The van der Waals surface area contributed by atoms with Crippen LogP contribution in [0.15, 0.2) is 0 Å². The van der Waals surface area contributed by atoms with E-state index >= 15 is 0 Å². The molecular weight excluding hydrogens is 210 g/mol. The summed E-state index contributed by atoms with van der Waals surface area (Å²) in [6.07, 6.45) is 7.72. The Bertz CT molecular complexity index is 223. The van der Waals surface area contributed by atoms with Crippen molar-refractivity contribution in [3.8, 4) is 0 Å². The molecule has 0 radical (unpaired) electrons. The van der Waals surface area contributed by atoms with E-state index in [0.717, 1.165) is 13.0 Å². The lowest BCUT2D eigenvalue weighted by molar-refractivity contribution is 0.141. The lowest BCUT2D eigenvalue weighted by Gasteiger charge is -2.39. The molecule has 0 saturated heterocycles. The van der Waals surface area contributed by atoms with Crippen LogP contribution in [0.3, 0.4) is 0 Å². The van der Waals surface area contributed by atoms with Crippen molar-refractivity contribution in [2.45, 2.75) is 72.3 Å². The van der Waals surface area contributed by atoms with Gasteiger partial charge < -0.3 is 10.4 Å². The van der Waals surface area contributed by atoms with E-state index in [1.54, 1.807) is 0 Å². The molecule has 102 valence electrons. The molecule has 0 spiro atoms. The zero-order valence-corrected chi connectivity index (χ0v) is 12.2. The van der Waals surface area contributed by atoms with Gasteiger partial charge in [0, 0.05) is 12.6 Å². The van der Waals surface area contributed by atoms with Crippen molar-refractivity contribution in [1.29, 1.82) is 0 Å². The van der Waals surface area contributed by atoms with Crippen LogP contribution in [0.1, 0.15) is 66.2 Å². The summed E-state index contributed by atoms with van der Waals surface area (Å²) in [5.41, 5.74) is 0.550. The maximum Gasteiger partial charge on any atom is 0.0482 e. The van der Waals surface area contributed by atoms with Gasteiger partial charge in [-0.1, -0.05) is 40.5 Å². The van der Waals surface area contributed by atoms with Gasteiger partial charge in [0.1, 0.15) is 0 Å². The fourth-order valence-corrected chi connectivity index (χ4v) is 2.79. The number of rotatable bonds is 6. The summed E-state index contributed by atoms with van der Waals surface area (Å²) >= 11 is 0. The molecule has 1 fully saturated rings. The highest BCUT2D eigenvalue weighted by atomic mass is 16.3. The fraction of sp³-hybridized carbons (Fsp3) is 1.00. The van der Waals surface area contributed by atoms with Crippen LogP contribution in [-0.4, -0.2) is 24.3 Å². The molecule has 1 atom stereocenters. The first-order valence-corrected chi connectivity index (χ1v) is 7.22. The van der Waals surface area contributed by atoms with E-state index in [2.05, 4.69) is 33.0 Å². The van der Waals surface area contributed by atoms with Gasteiger partial charge in [-0.15, -0.1) is 0 Å². The normalized spacial score (nSPS) is 24.9. The third-order valence-electron chi connectivity index (χ3n) is 4.36. The molecule has 1 saturated carbocycles. The lowest BCUT2D eigenvalue weighted by Crippen LogP contribution is -2.44. The number of hydrogen-bond acceptors (Lipinski definition) is 2. The molecule has 0 bridgehead atoms. The van der Waals surface area contributed by atoms with Crippen LogP contribution in [0.4, 0.5) is 0 Å². The number of aliphatic hydroxyl groups excluding tert-OH is 1. The molecule has 1 aliphatic rings. The Labute approximate surface area is 107 Å². The summed E-state index contributed by atoms with van der Waals surface area (Å²) in [5, 5.41) is 12.9. The van der Waals surface area contributed by atoms with Gasteiger partial charge in [0.15, 0.2) is 0 Å². The fourth-order valence-electron chi connectivity index (χ4n) is 2.79. The quantitative estimate of drug-likeness (QED) is 0.699. The molecule has 2 N–H and O–H groups in total. The van der Waals surface area contributed by atoms with Crippen molar-refractivity contribution >= 4 is 0 Å². The van der Waals surface area contributed by atoms with Crippen molar-refractivity contribution in [3.05, 3.63) is 0 Å². The molecule has 1 unspecified atom stereocenters.